The van der Waals surface area contributed by atoms with Crippen molar-refractivity contribution in [3.8, 4) is 0 Å². The Morgan fingerprint density at radius 1 is 1.67 bits per heavy atom. The number of para-hydroxylation sites is 1. The molecule has 0 spiro atoms. The highest BCUT2D eigenvalue weighted by atomic mass is 19.1. The highest BCUT2D eigenvalue weighted by Crippen LogP contribution is 2.27. The van der Waals surface area contributed by atoms with E-state index in [9.17, 15) is 14.5 Å². The van der Waals surface area contributed by atoms with Gasteiger partial charge in [-0.3, -0.25) is 10.1 Å². The fourth-order valence-electron chi connectivity index (χ4n) is 1.14. The number of nitrogens with zero attached hydrogens (tertiary/aromatic N) is 1. The van der Waals surface area contributed by atoms with Gasteiger partial charge in [-0.25, -0.2) is 0 Å². The smallest absolute Gasteiger partial charge is 0.327 e. The van der Waals surface area contributed by atoms with E-state index in [1.165, 1.54) is 12.1 Å². The highest BCUT2D eigenvalue weighted by Gasteiger charge is 2.20. The molecule has 0 aromatic heterocycles. The normalized spacial score (nSPS) is 12.2. The lowest BCUT2D eigenvalue weighted by Crippen LogP contribution is -2.25. The van der Waals surface area contributed by atoms with Crippen LogP contribution >= 0.6 is 0 Å². The second kappa shape index (κ2) is 4.70. The molecule has 1 unspecified atom stereocenters. The minimum atomic E-state index is -0.853. The van der Waals surface area contributed by atoms with Crippen LogP contribution in [-0.2, 0) is 0 Å². The Bertz CT molecular complexity index is 370. The fourth-order valence-corrected chi connectivity index (χ4v) is 1.14. The summed E-state index contributed by atoms with van der Waals surface area (Å²) in [4.78, 5) is 9.86. The third kappa shape index (κ3) is 2.63. The molecule has 0 fully saturated rings. The summed E-state index contributed by atoms with van der Waals surface area (Å²) < 4.78 is 13.1. The molecule has 0 aliphatic rings. The van der Waals surface area contributed by atoms with Gasteiger partial charge < -0.3 is 11.1 Å². The Morgan fingerprint density at radius 3 is 2.87 bits per heavy atom. The van der Waals surface area contributed by atoms with E-state index in [1.54, 1.807) is 6.92 Å². The van der Waals surface area contributed by atoms with E-state index in [4.69, 9.17) is 5.73 Å². The Morgan fingerprint density at radius 2 is 2.33 bits per heavy atom. The van der Waals surface area contributed by atoms with Gasteiger partial charge in [0.15, 0.2) is 0 Å². The third-order valence-electron chi connectivity index (χ3n) is 1.92. The van der Waals surface area contributed by atoms with Gasteiger partial charge in [-0.05, 0) is 19.1 Å². The minimum Gasteiger partial charge on any atom is -0.376 e. The van der Waals surface area contributed by atoms with E-state index in [1.807, 2.05) is 0 Å². The quantitative estimate of drug-likeness (QED) is 0.586. The van der Waals surface area contributed by atoms with Crippen LogP contribution in [0.25, 0.3) is 0 Å². The minimum absolute atomic E-state index is 0.148. The van der Waals surface area contributed by atoms with Crippen LogP contribution in [0.4, 0.5) is 15.8 Å². The maximum Gasteiger partial charge on any atom is 0.327 e. The molecular weight excluding hydrogens is 201 g/mol. The van der Waals surface area contributed by atoms with Crippen molar-refractivity contribution in [2.24, 2.45) is 5.73 Å². The van der Waals surface area contributed by atoms with Crippen molar-refractivity contribution in [3.05, 3.63) is 34.1 Å². The molecule has 6 heteroatoms. The topological polar surface area (TPSA) is 81.2 Å². The Labute approximate surface area is 86.2 Å². The first-order valence-electron chi connectivity index (χ1n) is 4.45. The molecule has 0 aliphatic carbocycles. The zero-order chi connectivity index (χ0) is 11.4. The summed E-state index contributed by atoms with van der Waals surface area (Å²) in [6, 6.07) is 3.77. The molecule has 1 aromatic carbocycles. The number of hydrogen-bond donors (Lipinski definition) is 2. The largest absolute Gasteiger partial charge is 0.376 e. The predicted octanol–water partition coefficient (Wildman–Crippen LogP) is 1.49. The number of nitro groups is 1. The summed E-state index contributed by atoms with van der Waals surface area (Å²) in [6.07, 6.45) is 0. The van der Waals surface area contributed by atoms with Crippen molar-refractivity contribution in [1.29, 1.82) is 0 Å². The summed E-state index contributed by atoms with van der Waals surface area (Å²) in [6.45, 7) is 2.07. The second-order valence-electron chi connectivity index (χ2n) is 3.17. The van der Waals surface area contributed by atoms with Gasteiger partial charge >= 0.3 is 5.69 Å². The zero-order valence-corrected chi connectivity index (χ0v) is 8.24. The van der Waals surface area contributed by atoms with Crippen molar-refractivity contribution in [2.45, 2.75) is 13.0 Å². The van der Waals surface area contributed by atoms with Crippen LogP contribution in [0.2, 0.25) is 0 Å². The number of anilines is 1. The first-order chi connectivity index (χ1) is 7.06. The maximum absolute atomic E-state index is 13.1. The molecule has 0 saturated heterocycles. The van der Waals surface area contributed by atoms with Crippen LogP contribution in [-0.4, -0.2) is 17.5 Å². The monoisotopic (exact) mass is 213 g/mol. The summed E-state index contributed by atoms with van der Waals surface area (Å²) in [5, 5.41) is 13.4. The molecule has 0 amide bonds. The molecule has 0 aliphatic heterocycles. The Balaban J connectivity index is 3.06. The SMILES string of the molecule is CC(CN)Nc1cccc(F)c1[N+](=O)[O-]. The fraction of sp³-hybridized carbons (Fsp3) is 0.333. The van der Waals surface area contributed by atoms with E-state index in [2.05, 4.69) is 5.32 Å². The lowest BCUT2D eigenvalue weighted by Gasteiger charge is -2.12. The number of halogens is 1. The standard InChI is InChI=1S/C9H12FN3O2/c1-6(5-11)12-8-4-2-3-7(10)9(8)13(14)15/h2-4,6,12H,5,11H2,1H3. The lowest BCUT2D eigenvalue weighted by atomic mass is 10.2. The average Bonchev–Trinajstić information content (AvgIpc) is 2.17. The van der Waals surface area contributed by atoms with Crippen molar-refractivity contribution in [2.75, 3.05) is 11.9 Å². The summed E-state index contributed by atoms with van der Waals surface area (Å²) in [5.74, 6) is -0.853. The lowest BCUT2D eigenvalue weighted by molar-refractivity contribution is -0.386. The van der Waals surface area contributed by atoms with E-state index in [-0.39, 0.29) is 11.7 Å². The van der Waals surface area contributed by atoms with Crippen molar-refractivity contribution >= 4 is 11.4 Å². The molecule has 15 heavy (non-hydrogen) atoms. The summed E-state index contributed by atoms with van der Waals surface area (Å²) in [5.41, 5.74) is 4.97. The molecule has 0 saturated carbocycles. The number of hydrogen-bond acceptors (Lipinski definition) is 4. The van der Waals surface area contributed by atoms with Crippen LogP contribution < -0.4 is 11.1 Å². The second-order valence-corrected chi connectivity index (χ2v) is 3.17. The molecule has 1 aromatic rings. The molecule has 5 nitrogen and oxygen atoms in total. The molecule has 3 N–H and O–H groups in total. The third-order valence-corrected chi connectivity index (χ3v) is 1.92. The van der Waals surface area contributed by atoms with Gasteiger partial charge in [0, 0.05) is 12.6 Å². The van der Waals surface area contributed by atoms with Crippen molar-refractivity contribution < 1.29 is 9.31 Å². The van der Waals surface area contributed by atoms with Gasteiger partial charge in [0.2, 0.25) is 5.82 Å². The zero-order valence-electron chi connectivity index (χ0n) is 8.24. The van der Waals surface area contributed by atoms with Crippen LogP contribution in [0.15, 0.2) is 18.2 Å². The number of rotatable bonds is 4. The van der Waals surface area contributed by atoms with E-state index < -0.39 is 16.4 Å². The molecule has 1 rings (SSSR count). The molecule has 0 radical (unpaired) electrons. The molecule has 0 bridgehead atoms. The van der Waals surface area contributed by atoms with Crippen LogP contribution in [0.3, 0.4) is 0 Å². The first kappa shape index (κ1) is 11.4. The van der Waals surface area contributed by atoms with Gasteiger partial charge in [-0.1, -0.05) is 6.07 Å². The van der Waals surface area contributed by atoms with Gasteiger partial charge in [0.05, 0.1) is 4.92 Å². The van der Waals surface area contributed by atoms with E-state index in [0.717, 1.165) is 6.07 Å². The highest BCUT2D eigenvalue weighted by molar-refractivity contribution is 5.62. The average molecular weight is 213 g/mol. The number of nitrogens with two attached hydrogens (primary N) is 1. The van der Waals surface area contributed by atoms with Gasteiger partial charge in [-0.2, -0.15) is 4.39 Å². The van der Waals surface area contributed by atoms with Gasteiger partial charge in [0.1, 0.15) is 5.69 Å². The van der Waals surface area contributed by atoms with Crippen LogP contribution in [0.5, 0.6) is 0 Å². The van der Waals surface area contributed by atoms with Crippen LogP contribution in [0, 0.1) is 15.9 Å². The molecule has 82 valence electrons. The number of nitro benzene ring substituents is 1. The first-order valence-corrected chi connectivity index (χ1v) is 4.45. The summed E-state index contributed by atoms with van der Waals surface area (Å²) >= 11 is 0. The molecule has 0 heterocycles. The Kier molecular flexibility index (Phi) is 3.56. The Hall–Kier alpha value is -1.69. The van der Waals surface area contributed by atoms with E-state index in [0.29, 0.717) is 6.54 Å². The van der Waals surface area contributed by atoms with Gasteiger partial charge in [0.25, 0.3) is 0 Å². The van der Waals surface area contributed by atoms with Crippen molar-refractivity contribution in [3.63, 3.8) is 0 Å². The van der Waals surface area contributed by atoms with Crippen molar-refractivity contribution in [1.82, 2.24) is 0 Å². The predicted molar refractivity (Wildman–Crippen MR) is 55.2 cm³/mol. The number of nitrogens with one attached hydrogen (secondary N) is 1. The van der Waals surface area contributed by atoms with Gasteiger partial charge in [-0.15, -0.1) is 0 Å². The number of benzene rings is 1. The van der Waals surface area contributed by atoms with E-state index >= 15 is 0 Å². The molecular formula is C9H12FN3O2. The molecule has 1 atom stereocenters. The maximum atomic E-state index is 13.1. The van der Waals surface area contributed by atoms with Crippen LogP contribution in [0.1, 0.15) is 6.92 Å². The summed E-state index contributed by atoms with van der Waals surface area (Å²) in [7, 11) is 0.